The number of ether oxygens (including phenoxy) is 1. The molecule has 6 heteroatoms. The first-order valence-electron chi connectivity index (χ1n) is 6.28. The third kappa shape index (κ3) is 1.71. The maximum atomic E-state index is 10.8. The van der Waals surface area contributed by atoms with Crippen LogP contribution < -0.4 is 0 Å². The van der Waals surface area contributed by atoms with Gasteiger partial charge in [0.05, 0.1) is 11.8 Å². The predicted molar refractivity (Wildman–Crippen MR) is 59.9 cm³/mol. The first kappa shape index (κ1) is 11.6. The number of hydrogen-bond donors (Lipinski definition) is 1. The minimum Gasteiger partial charge on any atom is -0.481 e. The Morgan fingerprint density at radius 3 is 2.78 bits per heavy atom. The molecular weight excluding hydrogens is 236 g/mol. The van der Waals surface area contributed by atoms with Crippen LogP contribution in [-0.2, 0) is 15.1 Å². The highest BCUT2D eigenvalue weighted by molar-refractivity contribution is 5.74. The van der Waals surface area contributed by atoms with Crippen LogP contribution in [0.1, 0.15) is 49.7 Å². The van der Waals surface area contributed by atoms with E-state index in [1.54, 1.807) is 7.11 Å². The summed E-state index contributed by atoms with van der Waals surface area (Å²) in [6, 6.07) is 0. The zero-order valence-corrected chi connectivity index (χ0v) is 10.3. The summed E-state index contributed by atoms with van der Waals surface area (Å²) >= 11 is 0. The number of carboxylic acid groups (broad SMARTS) is 1. The molecule has 18 heavy (non-hydrogen) atoms. The van der Waals surface area contributed by atoms with Crippen molar-refractivity contribution in [3.8, 4) is 0 Å². The number of carbonyl (C=O) groups is 1. The number of hydrogen-bond acceptors (Lipinski definition) is 5. The molecule has 2 fully saturated rings. The third-order valence-corrected chi connectivity index (χ3v) is 4.08. The Morgan fingerprint density at radius 1 is 1.50 bits per heavy atom. The lowest BCUT2D eigenvalue weighted by Crippen LogP contribution is -2.26. The highest BCUT2D eigenvalue weighted by Crippen LogP contribution is 2.48. The van der Waals surface area contributed by atoms with E-state index in [1.807, 2.05) is 0 Å². The van der Waals surface area contributed by atoms with Gasteiger partial charge in [0, 0.05) is 7.11 Å². The Bertz CT molecular complexity index is 464. The molecule has 3 rings (SSSR count). The van der Waals surface area contributed by atoms with Gasteiger partial charge >= 0.3 is 5.97 Å². The van der Waals surface area contributed by atoms with Gasteiger partial charge in [0.1, 0.15) is 5.60 Å². The minimum atomic E-state index is -0.790. The van der Waals surface area contributed by atoms with E-state index >= 15 is 0 Å². The second-order valence-electron chi connectivity index (χ2n) is 5.15. The summed E-state index contributed by atoms with van der Waals surface area (Å²) in [4.78, 5) is 15.2. The average Bonchev–Trinajstić information content (AvgIpc) is 2.81. The van der Waals surface area contributed by atoms with Crippen LogP contribution in [-0.4, -0.2) is 28.3 Å². The maximum Gasteiger partial charge on any atom is 0.307 e. The van der Waals surface area contributed by atoms with E-state index in [2.05, 4.69) is 10.1 Å². The molecule has 2 unspecified atom stereocenters. The van der Waals surface area contributed by atoms with Crippen molar-refractivity contribution in [3.05, 3.63) is 11.7 Å². The van der Waals surface area contributed by atoms with E-state index in [0.29, 0.717) is 18.1 Å². The highest BCUT2D eigenvalue weighted by atomic mass is 16.5. The summed E-state index contributed by atoms with van der Waals surface area (Å²) in [7, 11) is 1.67. The fourth-order valence-electron chi connectivity index (χ4n) is 2.78. The van der Waals surface area contributed by atoms with Crippen molar-refractivity contribution in [1.82, 2.24) is 10.1 Å². The molecule has 1 aromatic heterocycles. The van der Waals surface area contributed by atoms with E-state index in [9.17, 15) is 4.79 Å². The SMILES string of the molecule is COC1(c2noc(C3CC3C(=O)O)n2)CCCC1. The van der Waals surface area contributed by atoms with Crippen molar-refractivity contribution in [2.75, 3.05) is 7.11 Å². The molecule has 2 aliphatic rings. The number of aliphatic carboxylic acids is 1. The van der Waals surface area contributed by atoms with Crippen LogP contribution in [0, 0.1) is 5.92 Å². The van der Waals surface area contributed by atoms with E-state index in [4.69, 9.17) is 14.4 Å². The molecule has 0 aromatic carbocycles. The van der Waals surface area contributed by atoms with Crippen LogP contribution in [0.4, 0.5) is 0 Å². The Balaban J connectivity index is 1.80. The molecule has 0 spiro atoms. The van der Waals surface area contributed by atoms with Crippen molar-refractivity contribution in [2.45, 2.75) is 43.6 Å². The number of methoxy groups -OCH3 is 1. The monoisotopic (exact) mass is 252 g/mol. The van der Waals surface area contributed by atoms with E-state index in [-0.39, 0.29) is 11.8 Å². The Hall–Kier alpha value is -1.43. The molecule has 1 heterocycles. The van der Waals surface area contributed by atoms with Crippen LogP contribution in [0.2, 0.25) is 0 Å². The van der Waals surface area contributed by atoms with Gasteiger partial charge in [-0.05, 0) is 32.1 Å². The van der Waals surface area contributed by atoms with Crippen LogP contribution in [0.25, 0.3) is 0 Å². The van der Waals surface area contributed by atoms with Gasteiger partial charge in [-0.1, -0.05) is 5.16 Å². The molecule has 0 radical (unpaired) electrons. The Labute approximate surface area is 104 Å². The van der Waals surface area contributed by atoms with Crippen LogP contribution in [0.15, 0.2) is 4.52 Å². The number of carboxylic acids is 1. The largest absolute Gasteiger partial charge is 0.481 e. The summed E-state index contributed by atoms with van der Waals surface area (Å²) in [5, 5.41) is 12.9. The van der Waals surface area contributed by atoms with Crippen molar-refractivity contribution >= 4 is 5.97 Å². The zero-order chi connectivity index (χ0) is 12.8. The normalized spacial score (nSPS) is 29.4. The predicted octanol–water partition coefficient (Wildman–Crippen LogP) is 1.67. The quantitative estimate of drug-likeness (QED) is 0.877. The van der Waals surface area contributed by atoms with Crippen molar-refractivity contribution in [2.24, 2.45) is 5.92 Å². The molecule has 0 saturated heterocycles. The molecular formula is C12H16N2O4. The molecule has 2 saturated carbocycles. The molecule has 2 aliphatic carbocycles. The van der Waals surface area contributed by atoms with E-state index in [0.717, 1.165) is 25.7 Å². The van der Waals surface area contributed by atoms with Gasteiger partial charge in [-0.25, -0.2) is 0 Å². The summed E-state index contributed by atoms with van der Waals surface area (Å²) in [5.41, 5.74) is -0.421. The van der Waals surface area contributed by atoms with Gasteiger partial charge in [-0.15, -0.1) is 0 Å². The van der Waals surface area contributed by atoms with Gasteiger partial charge in [-0.2, -0.15) is 4.98 Å². The lowest BCUT2D eigenvalue weighted by atomic mass is 10.0. The minimum absolute atomic E-state index is 0.112. The average molecular weight is 252 g/mol. The standard InChI is InChI=1S/C12H16N2O4/c1-17-12(4-2-3-5-12)11-13-9(18-14-11)7-6-8(7)10(15)16/h7-8H,2-6H2,1H3,(H,15,16). The van der Waals surface area contributed by atoms with Crippen LogP contribution in [0.5, 0.6) is 0 Å². The lowest BCUT2D eigenvalue weighted by Gasteiger charge is -2.22. The second-order valence-corrected chi connectivity index (χ2v) is 5.15. The Kier molecular flexibility index (Phi) is 2.62. The Morgan fingerprint density at radius 2 is 2.22 bits per heavy atom. The van der Waals surface area contributed by atoms with Gasteiger partial charge in [0.25, 0.3) is 0 Å². The fourth-order valence-corrected chi connectivity index (χ4v) is 2.78. The topological polar surface area (TPSA) is 85.5 Å². The molecule has 6 nitrogen and oxygen atoms in total. The third-order valence-electron chi connectivity index (χ3n) is 4.08. The van der Waals surface area contributed by atoms with E-state index in [1.165, 1.54) is 0 Å². The summed E-state index contributed by atoms with van der Waals surface area (Å²) in [6.45, 7) is 0. The fraction of sp³-hybridized carbons (Fsp3) is 0.750. The lowest BCUT2D eigenvalue weighted by molar-refractivity contribution is -0.138. The zero-order valence-electron chi connectivity index (χ0n) is 10.3. The van der Waals surface area contributed by atoms with Gasteiger partial charge in [-0.3, -0.25) is 4.79 Å². The van der Waals surface area contributed by atoms with Gasteiger partial charge in [0.15, 0.2) is 0 Å². The summed E-state index contributed by atoms with van der Waals surface area (Å²) in [6.07, 6.45) is 4.58. The molecule has 0 amide bonds. The first-order valence-corrected chi connectivity index (χ1v) is 6.28. The summed E-state index contributed by atoms with van der Waals surface area (Å²) < 4.78 is 10.8. The van der Waals surface area contributed by atoms with Crippen LogP contribution in [0.3, 0.4) is 0 Å². The number of aromatic nitrogens is 2. The molecule has 2 atom stereocenters. The number of rotatable bonds is 4. The van der Waals surface area contributed by atoms with Crippen LogP contribution >= 0.6 is 0 Å². The number of nitrogens with zero attached hydrogens (tertiary/aromatic N) is 2. The summed E-state index contributed by atoms with van der Waals surface area (Å²) in [5.74, 6) is -0.240. The molecule has 0 aliphatic heterocycles. The molecule has 0 bridgehead atoms. The van der Waals surface area contributed by atoms with Crippen molar-refractivity contribution in [3.63, 3.8) is 0 Å². The highest BCUT2D eigenvalue weighted by Gasteiger charge is 2.49. The van der Waals surface area contributed by atoms with E-state index < -0.39 is 11.6 Å². The van der Waals surface area contributed by atoms with Crippen molar-refractivity contribution in [1.29, 1.82) is 0 Å². The van der Waals surface area contributed by atoms with Crippen molar-refractivity contribution < 1.29 is 19.2 Å². The first-order chi connectivity index (χ1) is 8.66. The maximum absolute atomic E-state index is 10.8. The van der Waals surface area contributed by atoms with Gasteiger partial charge in [0.2, 0.25) is 11.7 Å². The second kappa shape index (κ2) is 4.05. The molecule has 98 valence electrons. The molecule has 1 aromatic rings. The van der Waals surface area contributed by atoms with Gasteiger partial charge < -0.3 is 14.4 Å². The smallest absolute Gasteiger partial charge is 0.307 e. The molecule has 1 N–H and O–H groups in total.